The van der Waals surface area contributed by atoms with Crippen LogP contribution in [0.25, 0.3) is 0 Å². The molecule has 1 saturated heterocycles. The van der Waals surface area contributed by atoms with Crippen molar-refractivity contribution in [2.45, 2.75) is 54.6 Å². The lowest BCUT2D eigenvalue weighted by molar-refractivity contribution is -0.118. The molecule has 8 heteroatoms. The third kappa shape index (κ3) is 4.70. The highest BCUT2D eigenvalue weighted by Crippen LogP contribution is 2.34. The number of amides is 1. The van der Waals surface area contributed by atoms with Crippen LogP contribution < -0.4 is 5.32 Å². The van der Waals surface area contributed by atoms with Gasteiger partial charge in [-0.25, -0.2) is 13.4 Å². The van der Waals surface area contributed by atoms with E-state index >= 15 is 0 Å². The van der Waals surface area contributed by atoms with Crippen LogP contribution in [0.2, 0.25) is 0 Å². The minimum absolute atomic E-state index is 0.156. The fourth-order valence-electron chi connectivity index (χ4n) is 4.05. The number of rotatable bonds is 7. The average Bonchev–Trinajstić information content (AvgIpc) is 2.72. The van der Waals surface area contributed by atoms with Gasteiger partial charge in [0.1, 0.15) is 0 Å². The van der Waals surface area contributed by atoms with Crippen molar-refractivity contribution in [3.63, 3.8) is 0 Å². The largest absolute Gasteiger partial charge is 0.381 e. The van der Waals surface area contributed by atoms with Crippen LogP contribution in [-0.4, -0.2) is 42.8 Å². The molecule has 30 heavy (non-hydrogen) atoms. The molecule has 160 valence electrons. The Bertz CT molecular complexity index is 954. The van der Waals surface area contributed by atoms with E-state index in [2.05, 4.69) is 15.3 Å². The Morgan fingerprint density at radius 3 is 2.43 bits per heavy atom. The molecule has 1 aromatic heterocycles. The number of benzene rings is 1. The van der Waals surface area contributed by atoms with Crippen molar-refractivity contribution in [2.24, 2.45) is 5.92 Å². The van der Waals surface area contributed by atoms with E-state index in [0.717, 1.165) is 37.7 Å². The molecule has 1 aromatic carbocycles. The molecule has 1 saturated carbocycles. The van der Waals surface area contributed by atoms with Crippen LogP contribution in [0, 0.1) is 5.92 Å². The van der Waals surface area contributed by atoms with Gasteiger partial charge in [-0.15, -0.1) is 0 Å². The highest BCUT2D eigenvalue weighted by molar-refractivity contribution is 7.92. The molecule has 1 atom stereocenters. The molecule has 0 spiro atoms. The molecular formula is C22H27N3O4S. The van der Waals surface area contributed by atoms with Gasteiger partial charge in [-0.2, -0.15) is 0 Å². The van der Waals surface area contributed by atoms with Crippen molar-refractivity contribution in [1.82, 2.24) is 9.97 Å². The number of nitrogens with one attached hydrogen (secondary N) is 1. The number of nitrogens with zero attached hydrogens (tertiary/aromatic N) is 2. The first-order chi connectivity index (χ1) is 14.5. The van der Waals surface area contributed by atoms with Gasteiger partial charge in [0.25, 0.3) is 0 Å². The number of ether oxygens (including phenoxy) is 1. The number of aromatic nitrogens is 2. The van der Waals surface area contributed by atoms with Crippen molar-refractivity contribution < 1.29 is 17.9 Å². The minimum atomic E-state index is -3.28. The van der Waals surface area contributed by atoms with Gasteiger partial charge in [0.05, 0.1) is 22.3 Å². The highest BCUT2D eigenvalue weighted by Gasteiger charge is 2.33. The normalized spacial score (nSPS) is 19.1. The summed E-state index contributed by atoms with van der Waals surface area (Å²) in [6.45, 7) is 1.42. The van der Waals surface area contributed by atoms with Gasteiger partial charge in [-0.3, -0.25) is 9.78 Å². The Morgan fingerprint density at radius 1 is 1.10 bits per heavy atom. The third-order valence-corrected chi connectivity index (χ3v) is 8.42. The van der Waals surface area contributed by atoms with E-state index in [4.69, 9.17) is 4.74 Å². The summed E-state index contributed by atoms with van der Waals surface area (Å²) < 4.78 is 30.8. The lowest BCUT2D eigenvalue weighted by atomic mass is 9.84. The minimum Gasteiger partial charge on any atom is -0.381 e. The maximum atomic E-state index is 13.1. The molecule has 4 rings (SSSR count). The van der Waals surface area contributed by atoms with Gasteiger partial charge in [0, 0.05) is 25.6 Å². The van der Waals surface area contributed by atoms with Crippen LogP contribution in [0.15, 0.2) is 47.8 Å². The van der Waals surface area contributed by atoms with Crippen LogP contribution in [0.5, 0.6) is 0 Å². The Hall–Kier alpha value is -2.32. The number of anilines is 1. The van der Waals surface area contributed by atoms with Crippen molar-refractivity contribution in [1.29, 1.82) is 0 Å². The van der Waals surface area contributed by atoms with Crippen molar-refractivity contribution >= 4 is 21.6 Å². The molecule has 1 aliphatic carbocycles. The van der Waals surface area contributed by atoms with E-state index in [1.807, 2.05) is 0 Å². The Balaban J connectivity index is 1.55. The topological polar surface area (TPSA) is 98.2 Å². The molecule has 0 bridgehead atoms. The van der Waals surface area contributed by atoms with Gasteiger partial charge >= 0.3 is 0 Å². The second-order valence-corrected chi connectivity index (χ2v) is 10.3. The van der Waals surface area contributed by atoms with Crippen LogP contribution in [0.1, 0.15) is 50.0 Å². The molecule has 2 aliphatic rings. The number of carbonyl (C=O) groups is 1. The van der Waals surface area contributed by atoms with E-state index in [1.165, 1.54) is 12.4 Å². The zero-order valence-corrected chi connectivity index (χ0v) is 17.7. The smallest absolute Gasteiger partial charge is 0.233 e. The summed E-state index contributed by atoms with van der Waals surface area (Å²) in [6, 6.07) is 6.86. The maximum Gasteiger partial charge on any atom is 0.233 e. The Morgan fingerprint density at radius 2 is 1.83 bits per heavy atom. The summed E-state index contributed by atoms with van der Waals surface area (Å²) in [7, 11) is -3.28. The first kappa shape index (κ1) is 20.9. The molecule has 1 N–H and O–H groups in total. The maximum absolute atomic E-state index is 13.1. The van der Waals surface area contributed by atoms with Gasteiger partial charge in [-0.05, 0) is 55.7 Å². The van der Waals surface area contributed by atoms with Gasteiger partial charge < -0.3 is 10.1 Å². The fourth-order valence-corrected chi connectivity index (χ4v) is 5.90. The summed E-state index contributed by atoms with van der Waals surface area (Å²) in [6.07, 6.45) is 9.55. The summed E-state index contributed by atoms with van der Waals surface area (Å²) >= 11 is 0. The van der Waals surface area contributed by atoms with Crippen LogP contribution in [0.3, 0.4) is 0 Å². The molecule has 7 nitrogen and oxygen atoms in total. The standard InChI is InChI=1S/C22H27N3O4S/c26-22(25-21-15-23-10-11-24-21)20(14-16-8-12-29-13-9-16)17-4-6-19(7-5-17)30(27,28)18-2-1-3-18/h4-7,10-11,15-16,18,20H,1-3,8-9,12-14H2,(H,24,25,26)/t20-/m1/s1. The van der Waals surface area contributed by atoms with Gasteiger partial charge in [-0.1, -0.05) is 18.6 Å². The van der Waals surface area contributed by atoms with Gasteiger partial charge in [0.2, 0.25) is 5.91 Å². The summed E-state index contributed by atoms with van der Waals surface area (Å²) in [5.74, 6) is 0.241. The quantitative estimate of drug-likeness (QED) is 0.725. The highest BCUT2D eigenvalue weighted by atomic mass is 32.2. The molecule has 2 fully saturated rings. The zero-order chi connectivity index (χ0) is 21.0. The fraction of sp³-hybridized carbons (Fsp3) is 0.500. The number of hydrogen-bond acceptors (Lipinski definition) is 6. The first-order valence-corrected chi connectivity index (χ1v) is 12.1. The summed E-state index contributed by atoms with van der Waals surface area (Å²) in [5, 5.41) is 2.59. The van der Waals surface area contributed by atoms with Crippen molar-refractivity contribution in [2.75, 3.05) is 18.5 Å². The summed E-state index contributed by atoms with van der Waals surface area (Å²) in [5.41, 5.74) is 0.815. The molecule has 0 radical (unpaired) electrons. The Kier molecular flexibility index (Phi) is 6.43. The first-order valence-electron chi connectivity index (χ1n) is 10.5. The second-order valence-electron chi connectivity index (χ2n) is 8.09. The van der Waals surface area contributed by atoms with E-state index in [0.29, 0.717) is 36.3 Å². The molecule has 2 heterocycles. The van der Waals surface area contributed by atoms with Crippen molar-refractivity contribution in [3.8, 4) is 0 Å². The molecular weight excluding hydrogens is 402 g/mol. The molecule has 2 aromatic rings. The number of hydrogen-bond donors (Lipinski definition) is 1. The van der Waals surface area contributed by atoms with E-state index in [1.54, 1.807) is 30.5 Å². The monoisotopic (exact) mass is 429 g/mol. The lowest BCUT2D eigenvalue weighted by Gasteiger charge is -2.27. The van der Waals surface area contributed by atoms with E-state index in [9.17, 15) is 13.2 Å². The Labute approximate surface area is 177 Å². The van der Waals surface area contributed by atoms with Crippen LogP contribution in [0.4, 0.5) is 5.82 Å². The molecule has 1 amide bonds. The van der Waals surface area contributed by atoms with Crippen LogP contribution in [-0.2, 0) is 19.4 Å². The number of sulfone groups is 1. The predicted octanol–water partition coefficient (Wildman–Crippen LogP) is 3.34. The van der Waals surface area contributed by atoms with E-state index in [-0.39, 0.29) is 11.2 Å². The predicted molar refractivity (Wildman–Crippen MR) is 113 cm³/mol. The van der Waals surface area contributed by atoms with Gasteiger partial charge in [0.15, 0.2) is 15.7 Å². The summed E-state index contributed by atoms with van der Waals surface area (Å²) in [4.78, 5) is 21.6. The average molecular weight is 430 g/mol. The molecule has 0 unspecified atom stereocenters. The molecule has 1 aliphatic heterocycles. The second kappa shape index (κ2) is 9.22. The number of carbonyl (C=O) groups excluding carboxylic acids is 1. The lowest BCUT2D eigenvalue weighted by Crippen LogP contribution is -2.28. The van der Waals surface area contributed by atoms with E-state index < -0.39 is 15.8 Å². The zero-order valence-electron chi connectivity index (χ0n) is 16.9. The van der Waals surface area contributed by atoms with Crippen LogP contribution >= 0.6 is 0 Å². The van der Waals surface area contributed by atoms with Crippen molar-refractivity contribution in [3.05, 3.63) is 48.4 Å². The third-order valence-electron chi connectivity index (χ3n) is 6.14. The SMILES string of the molecule is O=C(Nc1cnccn1)[C@H](CC1CCOCC1)c1ccc(S(=O)(=O)C2CCC2)cc1.